The maximum Gasteiger partial charge on any atom is 0.156 e. The molecular formula is C36H53N5. The maximum atomic E-state index is 5.59. The highest BCUT2D eigenvalue weighted by Crippen LogP contribution is 2.40. The summed E-state index contributed by atoms with van der Waals surface area (Å²) < 4.78 is 0. The number of nitrogens with one attached hydrogen (secondary N) is 1. The molecule has 222 valence electrons. The van der Waals surface area contributed by atoms with Gasteiger partial charge < -0.3 is 16.0 Å². The Hall–Kier alpha value is -2.92. The molecule has 0 unspecified atom stereocenters. The monoisotopic (exact) mass is 555 g/mol. The number of likely N-dealkylation sites (tertiary alicyclic amines) is 1. The molecule has 1 saturated heterocycles. The third-order valence-corrected chi connectivity index (χ3v) is 9.46. The highest BCUT2D eigenvalue weighted by molar-refractivity contribution is 5.93. The molecule has 0 radical (unpaired) electrons. The van der Waals surface area contributed by atoms with Gasteiger partial charge in [0, 0.05) is 37.6 Å². The van der Waals surface area contributed by atoms with E-state index in [2.05, 4.69) is 81.5 Å². The van der Waals surface area contributed by atoms with Gasteiger partial charge in [-0.25, -0.2) is 9.98 Å². The number of allylic oxidation sites excluding steroid dienone is 2. The Labute approximate surface area is 249 Å². The largest absolute Gasteiger partial charge is 0.390 e. The normalized spacial score (nSPS) is 17.6. The molecule has 41 heavy (non-hydrogen) atoms. The fourth-order valence-electron chi connectivity index (χ4n) is 6.90. The van der Waals surface area contributed by atoms with Gasteiger partial charge in [0.2, 0.25) is 0 Å². The number of pyridine rings is 1. The third kappa shape index (κ3) is 7.30. The van der Waals surface area contributed by atoms with Crippen molar-refractivity contribution in [3.63, 3.8) is 0 Å². The van der Waals surface area contributed by atoms with Crippen LogP contribution in [-0.2, 0) is 0 Å². The van der Waals surface area contributed by atoms with Crippen molar-refractivity contribution in [3.05, 3.63) is 70.1 Å². The third-order valence-electron chi connectivity index (χ3n) is 9.46. The summed E-state index contributed by atoms with van der Waals surface area (Å²) in [6.45, 7) is 21.1. The molecule has 1 saturated carbocycles. The molecule has 2 aromatic rings. The van der Waals surface area contributed by atoms with Gasteiger partial charge >= 0.3 is 0 Å². The van der Waals surface area contributed by atoms with Crippen LogP contribution < -0.4 is 11.1 Å². The summed E-state index contributed by atoms with van der Waals surface area (Å²) >= 11 is 0. The van der Waals surface area contributed by atoms with Gasteiger partial charge in [0.15, 0.2) is 5.82 Å². The van der Waals surface area contributed by atoms with E-state index in [0.717, 1.165) is 38.0 Å². The summed E-state index contributed by atoms with van der Waals surface area (Å²) in [4.78, 5) is 11.5. The molecule has 2 heterocycles. The van der Waals surface area contributed by atoms with E-state index in [0.29, 0.717) is 23.7 Å². The van der Waals surface area contributed by atoms with Crippen LogP contribution in [0.25, 0.3) is 11.1 Å². The topological polar surface area (TPSA) is 66.5 Å². The number of rotatable bonds is 11. The summed E-state index contributed by atoms with van der Waals surface area (Å²) in [6.07, 6.45) is 13.2. The Morgan fingerprint density at radius 1 is 1.10 bits per heavy atom. The fraction of sp³-hybridized carbons (Fsp3) is 0.556. The molecule has 0 amide bonds. The molecule has 2 fully saturated rings. The molecule has 1 aromatic carbocycles. The van der Waals surface area contributed by atoms with Crippen molar-refractivity contribution in [1.29, 1.82) is 0 Å². The summed E-state index contributed by atoms with van der Waals surface area (Å²) in [5.74, 6) is 1.69. The number of hydrogen-bond acceptors (Lipinski definition) is 4. The number of hydrogen-bond donors (Lipinski definition) is 2. The van der Waals surface area contributed by atoms with Gasteiger partial charge in [-0.1, -0.05) is 64.8 Å². The molecule has 3 N–H and O–H groups in total. The zero-order valence-corrected chi connectivity index (χ0v) is 26.5. The minimum Gasteiger partial charge on any atom is -0.390 e. The first-order valence-electron chi connectivity index (χ1n) is 16.0. The van der Waals surface area contributed by atoms with Gasteiger partial charge in [0.05, 0.1) is 6.34 Å². The molecule has 5 heteroatoms. The van der Waals surface area contributed by atoms with E-state index in [1.165, 1.54) is 89.5 Å². The Morgan fingerprint density at radius 2 is 1.80 bits per heavy atom. The standard InChI is InChI=1S/C36H53N5/c1-8-11-32(34-22-39-36(40-23-37)28(7)27(34)6)35(24(2)3)33-20-30(15-14-25(33)4)29-16-18-41(19-17-29)26(5)21-38-31-12-9-10-13-31/h14-15,20,22-24,29,31,38H,5,8-13,16-19,21H2,1-4,6-7H3,(H2,37,39,40)/b35-32+. The molecule has 1 aromatic heterocycles. The summed E-state index contributed by atoms with van der Waals surface area (Å²) in [5, 5.41) is 3.75. The SMILES string of the molecule is C=C(CNC1CCCC1)N1CCC(c2ccc(C)c(/C(=C(\CCC)c3cnc(N=CN)c(C)c3C)C(C)C)c2)CC1. The van der Waals surface area contributed by atoms with Crippen molar-refractivity contribution in [2.24, 2.45) is 16.6 Å². The van der Waals surface area contributed by atoms with Crippen molar-refractivity contribution in [2.75, 3.05) is 19.6 Å². The van der Waals surface area contributed by atoms with Crippen LogP contribution >= 0.6 is 0 Å². The smallest absolute Gasteiger partial charge is 0.156 e. The van der Waals surface area contributed by atoms with Gasteiger partial charge in [-0.2, -0.15) is 0 Å². The van der Waals surface area contributed by atoms with Crippen molar-refractivity contribution in [3.8, 4) is 0 Å². The van der Waals surface area contributed by atoms with Gasteiger partial charge in [0.1, 0.15) is 0 Å². The van der Waals surface area contributed by atoms with Crippen LogP contribution in [0, 0.1) is 26.7 Å². The molecule has 2 aliphatic rings. The number of aliphatic imine (C=N–C) groups is 1. The van der Waals surface area contributed by atoms with E-state index in [4.69, 9.17) is 10.7 Å². The van der Waals surface area contributed by atoms with E-state index >= 15 is 0 Å². The number of piperidine rings is 1. The van der Waals surface area contributed by atoms with Crippen LogP contribution in [0.4, 0.5) is 5.82 Å². The molecule has 1 aliphatic heterocycles. The summed E-state index contributed by atoms with van der Waals surface area (Å²) in [6, 6.07) is 7.93. The Balaban J connectivity index is 1.60. The quantitative estimate of drug-likeness (QED) is 0.217. The molecule has 0 bridgehead atoms. The average molecular weight is 556 g/mol. The van der Waals surface area contributed by atoms with E-state index in [1.54, 1.807) is 0 Å². The lowest BCUT2D eigenvalue weighted by Crippen LogP contribution is -2.37. The average Bonchev–Trinajstić information content (AvgIpc) is 3.49. The number of aromatic nitrogens is 1. The summed E-state index contributed by atoms with van der Waals surface area (Å²) in [7, 11) is 0. The van der Waals surface area contributed by atoms with E-state index in [1.807, 2.05) is 6.20 Å². The second-order valence-electron chi connectivity index (χ2n) is 12.6. The lowest BCUT2D eigenvalue weighted by atomic mass is 9.80. The van der Waals surface area contributed by atoms with Gasteiger partial charge in [-0.15, -0.1) is 0 Å². The van der Waals surface area contributed by atoms with Crippen LogP contribution in [0.1, 0.15) is 111 Å². The van der Waals surface area contributed by atoms with Crippen LogP contribution in [0.5, 0.6) is 0 Å². The van der Waals surface area contributed by atoms with E-state index in [-0.39, 0.29) is 0 Å². The van der Waals surface area contributed by atoms with Gasteiger partial charge in [0.25, 0.3) is 0 Å². The summed E-state index contributed by atoms with van der Waals surface area (Å²) in [5.41, 5.74) is 17.5. The second kappa shape index (κ2) is 14.3. The lowest BCUT2D eigenvalue weighted by molar-refractivity contribution is 0.256. The van der Waals surface area contributed by atoms with Crippen molar-refractivity contribution in [1.82, 2.24) is 15.2 Å². The number of aryl methyl sites for hydroxylation is 1. The first-order valence-corrected chi connectivity index (χ1v) is 16.0. The maximum absolute atomic E-state index is 5.59. The van der Waals surface area contributed by atoms with Gasteiger partial charge in [-0.05, 0) is 109 Å². The molecule has 4 rings (SSSR count). The van der Waals surface area contributed by atoms with Crippen molar-refractivity contribution < 1.29 is 0 Å². The predicted octanol–water partition coefficient (Wildman–Crippen LogP) is 8.22. The molecular weight excluding hydrogens is 502 g/mol. The number of benzene rings is 1. The van der Waals surface area contributed by atoms with E-state index < -0.39 is 0 Å². The zero-order valence-electron chi connectivity index (χ0n) is 26.5. The van der Waals surface area contributed by atoms with E-state index in [9.17, 15) is 0 Å². The Morgan fingerprint density at radius 3 is 2.44 bits per heavy atom. The van der Waals surface area contributed by atoms with Crippen molar-refractivity contribution in [2.45, 2.75) is 105 Å². The van der Waals surface area contributed by atoms with Crippen LogP contribution in [0.3, 0.4) is 0 Å². The Bertz CT molecular complexity index is 1260. The minimum atomic E-state index is 0.393. The first kappa shape index (κ1) is 31.0. The number of nitrogens with two attached hydrogens (primary N) is 1. The molecule has 0 spiro atoms. The van der Waals surface area contributed by atoms with Crippen molar-refractivity contribution >= 4 is 23.3 Å². The van der Waals surface area contributed by atoms with Crippen LogP contribution in [0.2, 0.25) is 0 Å². The first-order chi connectivity index (χ1) is 19.7. The highest BCUT2D eigenvalue weighted by atomic mass is 15.2. The number of nitrogens with zero attached hydrogens (tertiary/aromatic N) is 3. The predicted molar refractivity (Wildman–Crippen MR) is 177 cm³/mol. The Kier molecular flexibility index (Phi) is 10.8. The van der Waals surface area contributed by atoms with Crippen LogP contribution in [-0.4, -0.2) is 41.9 Å². The zero-order chi connectivity index (χ0) is 29.5. The second-order valence-corrected chi connectivity index (χ2v) is 12.6. The lowest BCUT2D eigenvalue weighted by Gasteiger charge is -2.35. The molecule has 1 aliphatic carbocycles. The fourth-order valence-corrected chi connectivity index (χ4v) is 6.90. The minimum absolute atomic E-state index is 0.393. The highest BCUT2D eigenvalue weighted by Gasteiger charge is 2.25. The molecule has 0 atom stereocenters. The van der Waals surface area contributed by atoms with Gasteiger partial charge in [-0.3, -0.25) is 0 Å². The molecule has 5 nitrogen and oxygen atoms in total. The van der Waals surface area contributed by atoms with Crippen LogP contribution in [0.15, 0.2) is 41.7 Å².